The Bertz CT molecular complexity index is 815. The van der Waals surface area contributed by atoms with Crippen LogP contribution in [0.25, 0.3) is 0 Å². The van der Waals surface area contributed by atoms with E-state index >= 15 is 0 Å². The number of rotatable bonds is 3. The van der Waals surface area contributed by atoms with Crippen molar-refractivity contribution in [1.82, 2.24) is 5.43 Å². The number of nitrogens with zero attached hydrogens (tertiary/aromatic N) is 1. The van der Waals surface area contributed by atoms with Gasteiger partial charge in [-0.15, -0.1) is 0 Å². The van der Waals surface area contributed by atoms with Crippen molar-refractivity contribution in [3.05, 3.63) is 58.6 Å². The van der Waals surface area contributed by atoms with E-state index in [0.29, 0.717) is 5.56 Å². The number of carbonyl (C=O) groups is 2. The van der Waals surface area contributed by atoms with Gasteiger partial charge in [0.1, 0.15) is 17.8 Å². The number of anilines is 1. The minimum Gasteiger partial charge on any atom is -0.307 e. The molecule has 2 atom stereocenters. The quantitative estimate of drug-likeness (QED) is 0.855. The second-order valence-electron chi connectivity index (χ2n) is 5.44. The van der Waals surface area contributed by atoms with Gasteiger partial charge in [-0.25, -0.2) is 9.35 Å². The summed E-state index contributed by atoms with van der Waals surface area (Å²) in [5.74, 6) is -0.295. The maximum atomic E-state index is 12.5. The SMILES string of the molecule is C=O.C[C@@H]1Cc2ccccc2N1NC(=O)c1ccc(Cl)c(S(N)=O)c1. The lowest BCUT2D eigenvalue weighted by Gasteiger charge is -2.25. The Hall–Kier alpha value is -2.22. The van der Waals surface area contributed by atoms with Crippen LogP contribution in [0.1, 0.15) is 22.8 Å². The first-order valence-electron chi connectivity index (χ1n) is 7.40. The summed E-state index contributed by atoms with van der Waals surface area (Å²) >= 11 is 5.94. The van der Waals surface area contributed by atoms with Crippen LogP contribution < -0.4 is 15.6 Å². The Morgan fingerprint density at radius 3 is 2.68 bits per heavy atom. The van der Waals surface area contributed by atoms with Crippen LogP contribution in [0, 0.1) is 0 Å². The molecule has 3 rings (SSSR count). The molecule has 1 heterocycles. The fraction of sp³-hybridized carbons (Fsp3) is 0.176. The van der Waals surface area contributed by atoms with Gasteiger partial charge in [-0.1, -0.05) is 29.8 Å². The number of hydrogen-bond donors (Lipinski definition) is 2. The van der Waals surface area contributed by atoms with Crippen LogP contribution in [0.3, 0.4) is 0 Å². The predicted molar refractivity (Wildman–Crippen MR) is 98.7 cm³/mol. The molecule has 0 saturated carbocycles. The first-order valence-corrected chi connectivity index (χ1v) is 8.99. The Labute approximate surface area is 153 Å². The van der Waals surface area contributed by atoms with E-state index in [0.717, 1.165) is 12.1 Å². The van der Waals surface area contributed by atoms with E-state index < -0.39 is 11.0 Å². The number of nitrogens with one attached hydrogen (secondary N) is 1. The zero-order valence-corrected chi connectivity index (χ0v) is 15.1. The summed E-state index contributed by atoms with van der Waals surface area (Å²) in [7, 11) is -1.74. The van der Waals surface area contributed by atoms with Crippen LogP contribution in [0.15, 0.2) is 47.4 Å². The molecule has 1 aliphatic heterocycles. The zero-order valence-electron chi connectivity index (χ0n) is 13.6. The molecule has 25 heavy (non-hydrogen) atoms. The van der Waals surface area contributed by atoms with Gasteiger partial charge in [-0.2, -0.15) is 0 Å². The third kappa shape index (κ3) is 4.07. The van der Waals surface area contributed by atoms with Crippen molar-refractivity contribution >= 4 is 41.0 Å². The zero-order chi connectivity index (χ0) is 18.6. The third-order valence-electron chi connectivity index (χ3n) is 3.84. The lowest BCUT2D eigenvalue weighted by atomic mass is 10.1. The second-order valence-corrected chi connectivity index (χ2v) is 6.88. The van der Waals surface area contributed by atoms with Crippen LogP contribution in [0.2, 0.25) is 5.02 Å². The van der Waals surface area contributed by atoms with Crippen LogP contribution in [0.4, 0.5) is 5.69 Å². The van der Waals surface area contributed by atoms with E-state index in [2.05, 4.69) is 11.5 Å². The molecule has 8 heteroatoms. The minimum absolute atomic E-state index is 0.159. The first-order chi connectivity index (χ1) is 12.0. The lowest BCUT2D eigenvalue weighted by molar-refractivity contribution is -0.0980. The lowest BCUT2D eigenvalue weighted by Crippen LogP contribution is -2.45. The van der Waals surface area contributed by atoms with Crippen molar-refractivity contribution in [1.29, 1.82) is 0 Å². The van der Waals surface area contributed by atoms with Gasteiger partial charge in [0.25, 0.3) is 5.91 Å². The Morgan fingerprint density at radius 1 is 1.32 bits per heavy atom. The molecule has 1 unspecified atom stereocenters. The van der Waals surface area contributed by atoms with Gasteiger partial charge in [0.05, 0.1) is 21.6 Å². The third-order valence-corrected chi connectivity index (χ3v) is 5.05. The molecule has 0 radical (unpaired) electrons. The van der Waals surface area contributed by atoms with E-state index in [1.165, 1.54) is 17.7 Å². The average molecular weight is 380 g/mol. The maximum absolute atomic E-state index is 12.5. The summed E-state index contributed by atoms with van der Waals surface area (Å²) < 4.78 is 11.5. The Kier molecular flexibility index (Phi) is 6.30. The highest BCUT2D eigenvalue weighted by molar-refractivity contribution is 7.82. The normalized spacial score (nSPS) is 16.4. The molecule has 0 fully saturated rings. The van der Waals surface area contributed by atoms with Crippen LogP contribution in [-0.4, -0.2) is 22.9 Å². The summed E-state index contributed by atoms with van der Waals surface area (Å²) in [5, 5.41) is 7.51. The van der Waals surface area contributed by atoms with Gasteiger partial charge in [-0.05, 0) is 43.2 Å². The minimum atomic E-state index is -1.74. The van der Waals surface area contributed by atoms with Crippen LogP contribution in [0.5, 0.6) is 0 Å². The van der Waals surface area contributed by atoms with Crippen LogP contribution >= 0.6 is 11.6 Å². The molecule has 1 aliphatic rings. The van der Waals surface area contributed by atoms with E-state index in [9.17, 15) is 9.00 Å². The largest absolute Gasteiger partial charge is 0.307 e. The van der Waals surface area contributed by atoms with Crippen molar-refractivity contribution in [2.45, 2.75) is 24.3 Å². The highest BCUT2D eigenvalue weighted by Gasteiger charge is 2.27. The van der Waals surface area contributed by atoms with Crippen molar-refractivity contribution in [3.8, 4) is 0 Å². The number of hydrogen-bond acceptors (Lipinski definition) is 4. The number of hydrazine groups is 1. The number of amides is 1. The van der Waals surface area contributed by atoms with Crippen molar-refractivity contribution in [2.24, 2.45) is 5.14 Å². The second kappa shape index (κ2) is 8.24. The van der Waals surface area contributed by atoms with Gasteiger partial charge < -0.3 is 4.79 Å². The highest BCUT2D eigenvalue weighted by atomic mass is 35.5. The topological polar surface area (TPSA) is 92.5 Å². The maximum Gasteiger partial charge on any atom is 0.269 e. The molecule has 0 saturated heterocycles. The average Bonchev–Trinajstić information content (AvgIpc) is 2.92. The molecule has 132 valence electrons. The molecular formula is C17H18ClN3O3S. The molecule has 1 amide bonds. The van der Waals surface area contributed by atoms with Crippen molar-refractivity contribution in [2.75, 3.05) is 5.01 Å². The summed E-state index contributed by atoms with van der Waals surface area (Å²) in [6.45, 7) is 4.04. The predicted octanol–water partition coefficient (Wildman–Crippen LogP) is 2.23. The summed E-state index contributed by atoms with van der Waals surface area (Å²) in [6, 6.07) is 12.7. The Morgan fingerprint density at radius 2 is 2.00 bits per heavy atom. The van der Waals surface area contributed by atoms with Crippen molar-refractivity contribution in [3.63, 3.8) is 0 Å². The molecular weight excluding hydrogens is 362 g/mol. The highest BCUT2D eigenvalue weighted by Crippen LogP contribution is 2.30. The molecule has 2 aromatic rings. The van der Waals surface area contributed by atoms with Gasteiger partial charge in [0.15, 0.2) is 0 Å². The molecule has 3 N–H and O–H groups in total. The molecule has 0 spiro atoms. The van der Waals surface area contributed by atoms with Gasteiger partial charge in [0, 0.05) is 5.56 Å². The number of carbonyl (C=O) groups excluding carboxylic acids is 2. The summed E-state index contributed by atoms with van der Waals surface area (Å²) in [6.07, 6.45) is 0.870. The molecule has 0 bridgehead atoms. The molecule has 6 nitrogen and oxygen atoms in total. The number of para-hydroxylation sites is 1. The number of halogens is 1. The molecule has 0 aliphatic carbocycles. The molecule has 2 aromatic carbocycles. The monoisotopic (exact) mass is 379 g/mol. The standard InChI is InChI=1S/C16H16ClN3O2S.CH2O/c1-10-8-11-4-2-3-5-14(11)20(10)19-16(21)12-6-7-13(17)15(9-12)23(18)22;1-2/h2-7,9-10H,8,18H2,1H3,(H,19,21);1H2/t10-,23?;/m1./s1. The summed E-state index contributed by atoms with van der Waals surface area (Å²) in [5.41, 5.74) is 5.44. The van der Waals surface area contributed by atoms with E-state index in [4.69, 9.17) is 21.5 Å². The number of benzene rings is 2. The smallest absolute Gasteiger partial charge is 0.269 e. The molecule has 0 aromatic heterocycles. The number of nitrogens with two attached hydrogens (primary N) is 1. The fourth-order valence-electron chi connectivity index (χ4n) is 2.71. The fourth-order valence-corrected chi connectivity index (χ4v) is 3.56. The Balaban J connectivity index is 0.00000109. The summed E-state index contributed by atoms with van der Waals surface area (Å²) in [4.78, 5) is 20.8. The van der Waals surface area contributed by atoms with E-state index in [-0.39, 0.29) is 21.9 Å². The van der Waals surface area contributed by atoms with Gasteiger partial charge >= 0.3 is 0 Å². The first kappa shape index (κ1) is 19.1. The van der Waals surface area contributed by atoms with Crippen molar-refractivity contribution < 1.29 is 13.8 Å². The van der Waals surface area contributed by atoms with E-state index in [1.54, 1.807) is 6.07 Å². The van der Waals surface area contributed by atoms with Gasteiger partial charge in [0.2, 0.25) is 0 Å². The van der Waals surface area contributed by atoms with E-state index in [1.807, 2.05) is 36.9 Å². The van der Waals surface area contributed by atoms with Crippen LogP contribution in [-0.2, 0) is 22.2 Å². The van der Waals surface area contributed by atoms with Gasteiger partial charge in [-0.3, -0.25) is 15.2 Å². The number of fused-ring (bicyclic) bond motifs is 1.